The molecule has 0 unspecified atom stereocenters. The van der Waals surface area contributed by atoms with Crippen molar-refractivity contribution < 1.29 is 22.7 Å². The Morgan fingerprint density at radius 3 is 2.61 bits per heavy atom. The topological polar surface area (TPSA) is 105 Å². The fourth-order valence-corrected chi connectivity index (χ4v) is 6.39. The standard InChI is InChI=1S/C25H29Cl2N3O5S/c26-21-10-9-17(13-22(21)27)16-36(33,34)30-11-3-5-18(15-30)24(31)29-23-8-2-1-7-20(23)25(32)28-14-19-6-4-12-35-19/h1-2,7-10,13,18-19H,3-6,11-12,14-16H2,(H,28,32)(H,29,31)/t18-,19+/m1/s1. The Morgan fingerprint density at radius 1 is 1.06 bits per heavy atom. The molecule has 2 aliphatic heterocycles. The van der Waals surface area contributed by atoms with Crippen molar-refractivity contribution in [2.75, 3.05) is 31.6 Å². The van der Waals surface area contributed by atoms with Gasteiger partial charge in [0.05, 0.1) is 39.1 Å². The molecule has 2 amide bonds. The summed E-state index contributed by atoms with van der Waals surface area (Å²) in [5, 5.41) is 6.36. The minimum atomic E-state index is -3.67. The van der Waals surface area contributed by atoms with E-state index in [1.807, 2.05) is 0 Å². The minimum Gasteiger partial charge on any atom is -0.376 e. The summed E-state index contributed by atoms with van der Waals surface area (Å²) in [7, 11) is -3.67. The Hall–Kier alpha value is -2.17. The molecule has 8 nitrogen and oxygen atoms in total. The molecule has 0 aliphatic carbocycles. The van der Waals surface area contributed by atoms with Gasteiger partial charge in [0.1, 0.15) is 0 Å². The van der Waals surface area contributed by atoms with E-state index >= 15 is 0 Å². The van der Waals surface area contributed by atoms with Crippen LogP contribution in [-0.2, 0) is 25.3 Å². The van der Waals surface area contributed by atoms with E-state index in [9.17, 15) is 18.0 Å². The van der Waals surface area contributed by atoms with Crippen LogP contribution in [0.3, 0.4) is 0 Å². The van der Waals surface area contributed by atoms with Gasteiger partial charge in [-0.1, -0.05) is 41.4 Å². The van der Waals surface area contributed by atoms with Crippen molar-refractivity contribution >= 4 is 50.7 Å². The van der Waals surface area contributed by atoms with Gasteiger partial charge in [-0.2, -0.15) is 0 Å². The highest BCUT2D eigenvalue weighted by Crippen LogP contribution is 2.27. The predicted octanol–water partition coefficient (Wildman–Crippen LogP) is 4.08. The molecule has 4 rings (SSSR count). The smallest absolute Gasteiger partial charge is 0.253 e. The van der Waals surface area contributed by atoms with Gasteiger partial charge in [-0.05, 0) is 55.5 Å². The second-order valence-electron chi connectivity index (χ2n) is 9.08. The number of carbonyl (C=O) groups is 2. The van der Waals surface area contributed by atoms with Crippen molar-refractivity contribution in [3.8, 4) is 0 Å². The summed E-state index contributed by atoms with van der Waals surface area (Å²) >= 11 is 12.0. The van der Waals surface area contributed by atoms with Crippen LogP contribution in [0, 0.1) is 5.92 Å². The zero-order valence-electron chi connectivity index (χ0n) is 19.7. The first-order valence-electron chi connectivity index (χ1n) is 11.9. The SMILES string of the molecule is O=C(NC[C@@H]1CCCO1)c1ccccc1NC(=O)[C@@H]1CCCN(S(=O)(=O)Cc2ccc(Cl)c(Cl)c2)C1. The van der Waals surface area contributed by atoms with Gasteiger partial charge >= 0.3 is 0 Å². The number of piperidine rings is 1. The second kappa shape index (κ2) is 11.9. The van der Waals surface area contributed by atoms with Crippen LogP contribution in [0.25, 0.3) is 0 Å². The highest BCUT2D eigenvalue weighted by Gasteiger charge is 2.33. The number of hydrogen-bond donors (Lipinski definition) is 2. The molecule has 2 N–H and O–H groups in total. The van der Waals surface area contributed by atoms with E-state index in [0.717, 1.165) is 12.8 Å². The van der Waals surface area contributed by atoms with Crippen molar-refractivity contribution in [3.05, 3.63) is 63.6 Å². The zero-order chi connectivity index (χ0) is 25.7. The maximum Gasteiger partial charge on any atom is 0.253 e. The van der Waals surface area contributed by atoms with E-state index in [4.69, 9.17) is 27.9 Å². The van der Waals surface area contributed by atoms with Crippen molar-refractivity contribution in [3.63, 3.8) is 0 Å². The van der Waals surface area contributed by atoms with Gasteiger partial charge in [0.15, 0.2) is 0 Å². The molecule has 0 aromatic heterocycles. The Balaban J connectivity index is 1.39. The summed E-state index contributed by atoms with van der Waals surface area (Å²) in [5.74, 6) is -1.38. The number of nitrogens with one attached hydrogen (secondary N) is 2. The van der Waals surface area contributed by atoms with Crippen LogP contribution < -0.4 is 10.6 Å². The summed E-state index contributed by atoms with van der Waals surface area (Å²) < 4.78 is 33.0. The van der Waals surface area contributed by atoms with Gasteiger partial charge in [0.25, 0.3) is 5.91 Å². The van der Waals surface area contributed by atoms with Crippen LogP contribution in [-0.4, -0.2) is 56.9 Å². The van der Waals surface area contributed by atoms with Gasteiger partial charge in [0, 0.05) is 26.2 Å². The normalized spacial score (nSPS) is 20.7. The fourth-order valence-electron chi connectivity index (χ4n) is 4.47. The zero-order valence-corrected chi connectivity index (χ0v) is 22.0. The monoisotopic (exact) mass is 553 g/mol. The number of hydrogen-bond acceptors (Lipinski definition) is 5. The van der Waals surface area contributed by atoms with Gasteiger partial charge in [0.2, 0.25) is 15.9 Å². The maximum atomic E-state index is 13.1. The number of halogens is 2. The first-order valence-corrected chi connectivity index (χ1v) is 14.3. The van der Waals surface area contributed by atoms with E-state index in [-0.39, 0.29) is 30.2 Å². The number of para-hydroxylation sites is 1. The second-order valence-corrected chi connectivity index (χ2v) is 11.9. The van der Waals surface area contributed by atoms with Gasteiger partial charge < -0.3 is 15.4 Å². The van der Waals surface area contributed by atoms with Crippen molar-refractivity contribution in [2.24, 2.45) is 5.92 Å². The number of carbonyl (C=O) groups excluding carboxylic acids is 2. The number of ether oxygens (including phenoxy) is 1. The maximum absolute atomic E-state index is 13.1. The molecule has 2 atom stereocenters. The molecule has 11 heteroatoms. The summed E-state index contributed by atoms with van der Waals surface area (Å²) in [6, 6.07) is 11.5. The van der Waals surface area contributed by atoms with Crippen molar-refractivity contribution in [1.29, 1.82) is 0 Å². The first kappa shape index (κ1) is 26.9. The van der Waals surface area contributed by atoms with E-state index in [2.05, 4.69) is 10.6 Å². The average Bonchev–Trinajstić information content (AvgIpc) is 3.39. The molecule has 2 fully saturated rings. The number of nitrogens with zero attached hydrogens (tertiary/aromatic N) is 1. The summed E-state index contributed by atoms with van der Waals surface area (Å²) in [5.41, 5.74) is 1.27. The highest BCUT2D eigenvalue weighted by atomic mass is 35.5. The van der Waals surface area contributed by atoms with E-state index < -0.39 is 15.9 Å². The van der Waals surface area contributed by atoms with E-state index in [1.165, 1.54) is 10.4 Å². The molecule has 2 aromatic rings. The Kier molecular flexibility index (Phi) is 8.90. The summed E-state index contributed by atoms with van der Waals surface area (Å²) in [6.07, 6.45) is 3.01. The van der Waals surface area contributed by atoms with Gasteiger partial charge in [-0.25, -0.2) is 12.7 Å². The lowest BCUT2D eigenvalue weighted by Crippen LogP contribution is -2.44. The predicted molar refractivity (Wildman–Crippen MR) is 140 cm³/mol. The lowest BCUT2D eigenvalue weighted by Gasteiger charge is -2.31. The molecule has 0 saturated carbocycles. The number of anilines is 1. The lowest BCUT2D eigenvalue weighted by atomic mass is 9.98. The molecular formula is C25H29Cl2N3O5S. The van der Waals surface area contributed by atoms with Crippen LogP contribution in [0.1, 0.15) is 41.6 Å². The minimum absolute atomic E-state index is 0.00905. The molecule has 0 radical (unpaired) electrons. The van der Waals surface area contributed by atoms with Crippen LogP contribution in [0.5, 0.6) is 0 Å². The highest BCUT2D eigenvalue weighted by molar-refractivity contribution is 7.88. The van der Waals surface area contributed by atoms with Crippen LogP contribution in [0.2, 0.25) is 10.0 Å². The third kappa shape index (κ3) is 6.77. The molecule has 2 heterocycles. The van der Waals surface area contributed by atoms with Gasteiger partial charge in [-0.15, -0.1) is 0 Å². The lowest BCUT2D eigenvalue weighted by molar-refractivity contribution is -0.120. The molecule has 0 spiro atoms. The quantitative estimate of drug-likeness (QED) is 0.512. The van der Waals surface area contributed by atoms with E-state index in [1.54, 1.807) is 36.4 Å². The molecule has 194 valence electrons. The first-order chi connectivity index (χ1) is 17.2. The fraction of sp³-hybridized carbons (Fsp3) is 0.440. The van der Waals surface area contributed by atoms with E-state index in [0.29, 0.717) is 59.4 Å². The molecule has 36 heavy (non-hydrogen) atoms. The Morgan fingerprint density at radius 2 is 1.86 bits per heavy atom. The van der Waals surface area contributed by atoms with Crippen LogP contribution in [0.15, 0.2) is 42.5 Å². The number of sulfonamides is 1. The largest absolute Gasteiger partial charge is 0.376 e. The Labute approximate surface area is 221 Å². The van der Waals surface area contributed by atoms with Gasteiger partial charge in [-0.3, -0.25) is 9.59 Å². The summed E-state index contributed by atoms with van der Waals surface area (Å²) in [4.78, 5) is 25.9. The van der Waals surface area contributed by atoms with Crippen molar-refractivity contribution in [1.82, 2.24) is 9.62 Å². The number of benzene rings is 2. The molecule has 2 saturated heterocycles. The molecule has 2 aromatic carbocycles. The molecular weight excluding hydrogens is 525 g/mol. The molecule has 0 bridgehead atoms. The molecule has 2 aliphatic rings. The van der Waals surface area contributed by atoms with Crippen molar-refractivity contribution in [2.45, 2.75) is 37.5 Å². The Bertz CT molecular complexity index is 1220. The summed E-state index contributed by atoms with van der Waals surface area (Å²) in [6.45, 7) is 1.53. The number of amides is 2. The average molecular weight is 554 g/mol. The van der Waals surface area contributed by atoms with Crippen LogP contribution in [0.4, 0.5) is 5.69 Å². The third-order valence-corrected chi connectivity index (χ3v) is 8.98. The third-order valence-electron chi connectivity index (χ3n) is 6.43. The van der Waals surface area contributed by atoms with Crippen LogP contribution >= 0.6 is 23.2 Å². The number of rotatable bonds is 8.